The molecule has 55 heavy (non-hydrogen) atoms. The first-order valence-electron chi connectivity index (χ1n) is 19.7. The summed E-state index contributed by atoms with van der Waals surface area (Å²) in [4.78, 5) is 4.86. The summed E-state index contributed by atoms with van der Waals surface area (Å²) in [7, 11) is 0. The van der Waals surface area contributed by atoms with Gasteiger partial charge in [-0.3, -0.25) is 4.68 Å². The fourth-order valence-electron chi connectivity index (χ4n) is 8.05. The molecule has 0 bridgehead atoms. The molecule has 0 saturated heterocycles. The normalized spacial score (nSPS) is 11.8. The van der Waals surface area contributed by atoms with Gasteiger partial charge < -0.3 is 9.30 Å². The third-order valence-electron chi connectivity index (χ3n) is 10.3. The first-order chi connectivity index (χ1) is 25.9. The Balaban J connectivity index is 0.00000514. The van der Waals surface area contributed by atoms with Crippen molar-refractivity contribution in [1.29, 1.82) is 0 Å². The van der Waals surface area contributed by atoms with Gasteiger partial charge in [0.2, 0.25) is 0 Å². The summed E-state index contributed by atoms with van der Waals surface area (Å²) >= 11 is 0. The summed E-state index contributed by atoms with van der Waals surface area (Å²) in [5.74, 6) is 2.71. The van der Waals surface area contributed by atoms with Crippen LogP contribution in [0.4, 0.5) is 0 Å². The molecule has 0 N–H and O–H groups in total. The van der Waals surface area contributed by atoms with E-state index in [0.717, 1.165) is 76.7 Å². The number of ether oxygens (including phenoxy) is 1. The van der Waals surface area contributed by atoms with Gasteiger partial charge in [0.1, 0.15) is 5.82 Å². The zero-order valence-corrected chi connectivity index (χ0v) is 35.7. The maximum absolute atomic E-state index is 6.78. The summed E-state index contributed by atoms with van der Waals surface area (Å²) in [6.45, 7) is 22.4. The molecule has 3 aromatic heterocycles. The molecule has 7 aromatic rings. The largest absolute Gasteiger partial charge is 2.00 e. The molecule has 0 saturated carbocycles. The van der Waals surface area contributed by atoms with Crippen LogP contribution in [0.2, 0.25) is 0 Å². The van der Waals surface area contributed by atoms with Gasteiger partial charge in [-0.15, -0.1) is 41.3 Å². The predicted molar refractivity (Wildman–Crippen MR) is 225 cm³/mol. The standard InChI is InChI=1S/C49H54N4O.Pd/c1-11-15-42-48(47-33(6)24-32(5)25-34(47)7)44(16-12-2)53(51-42)37-27-36(49(8,9)10)28-39(29-37)54-38-19-20-41-40-17-13-14-18-43(40)52(45(41)30-38)46-26-35(21-22-50-46)23-31(3)4;/h13-14,17-22,24-28,31H,11-12,15-16,23H2,1-10H3;/q-2;+2. The number of para-hydroxylation sites is 1. The molecule has 4 aromatic carbocycles. The van der Waals surface area contributed by atoms with E-state index in [0.29, 0.717) is 17.4 Å². The van der Waals surface area contributed by atoms with Crippen LogP contribution in [-0.2, 0) is 45.1 Å². The number of nitrogens with zero attached hydrogens (tertiary/aromatic N) is 4. The van der Waals surface area contributed by atoms with Gasteiger partial charge in [0.25, 0.3) is 0 Å². The van der Waals surface area contributed by atoms with Crippen LogP contribution in [0, 0.1) is 38.8 Å². The van der Waals surface area contributed by atoms with Crippen LogP contribution < -0.4 is 4.74 Å². The van der Waals surface area contributed by atoms with Crippen LogP contribution in [0.15, 0.2) is 79.0 Å². The van der Waals surface area contributed by atoms with E-state index in [-0.39, 0.29) is 25.8 Å². The quantitative estimate of drug-likeness (QED) is 0.0964. The van der Waals surface area contributed by atoms with Crippen LogP contribution in [0.1, 0.15) is 101 Å². The number of hydrogen-bond donors (Lipinski definition) is 0. The van der Waals surface area contributed by atoms with E-state index >= 15 is 0 Å². The van der Waals surface area contributed by atoms with Gasteiger partial charge >= 0.3 is 20.4 Å². The van der Waals surface area contributed by atoms with Crippen LogP contribution in [0.3, 0.4) is 0 Å². The van der Waals surface area contributed by atoms with Crippen LogP contribution in [0.25, 0.3) is 44.4 Å². The minimum Gasteiger partial charge on any atom is -0.509 e. The van der Waals surface area contributed by atoms with E-state index in [4.69, 9.17) is 14.8 Å². The Labute approximate surface area is 341 Å². The summed E-state index contributed by atoms with van der Waals surface area (Å²) < 4.78 is 11.2. The van der Waals surface area contributed by atoms with Gasteiger partial charge in [-0.2, -0.15) is 11.2 Å². The Morgan fingerprint density at radius 3 is 2.20 bits per heavy atom. The number of pyridine rings is 1. The Morgan fingerprint density at radius 1 is 0.782 bits per heavy atom. The van der Waals surface area contributed by atoms with Gasteiger partial charge in [-0.1, -0.05) is 103 Å². The van der Waals surface area contributed by atoms with Gasteiger partial charge in [-0.05, 0) is 103 Å². The Morgan fingerprint density at radius 2 is 1.51 bits per heavy atom. The zero-order chi connectivity index (χ0) is 38.3. The number of rotatable bonds is 11. The molecule has 0 unspecified atom stereocenters. The second kappa shape index (κ2) is 16.3. The van der Waals surface area contributed by atoms with Crippen molar-refractivity contribution < 1.29 is 25.2 Å². The maximum atomic E-state index is 6.78. The molecule has 0 amide bonds. The third-order valence-corrected chi connectivity index (χ3v) is 10.3. The molecule has 0 fully saturated rings. The van der Waals surface area contributed by atoms with Crippen molar-refractivity contribution >= 4 is 21.8 Å². The van der Waals surface area contributed by atoms with E-state index in [1.807, 2.05) is 12.3 Å². The van der Waals surface area contributed by atoms with Crippen LogP contribution >= 0.6 is 0 Å². The van der Waals surface area contributed by atoms with E-state index in [9.17, 15) is 0 Å². The third kappa shape index (κ3) is 8.09. The molecule has 7 rings (SSSR count). The molecule has 5 nitrogen and oxygen atoms in total. The minimum absolute atomic E-state index is 0. The van der Waals surface area contributed by atoms with Gasteiger partial charge in [0.15, 0.2) is 0 Å². The molecular formula is C49H54N4OPd. The summed E-state index contributed by atoms with van der Waals surface area (Å²) in [6, 6.07) is 33.3. The number of aryl methyl sites for hydroxylation is 4. The summed E-state index contributed by atoms with van der Waals surface area (Å²) in [5.41, 5.74) is 14.1. The van der Waals surface area contributed by atoms with Gasteiger partial charge in [-0.25, -0.2) is 4.98 Å². The SMILES string of the molecule is CCCc1nn(-c2[c-]c(Oc3[c-]c4c(cc3)c3ccccc3n4-c3cc(CC(C)C)ccn3)cc(C(C)(C)C)c2)c(CCC)c1-c1c(C)cc(C)cc1C.[Pd+2]. The number of hydrogen-bond acceptors (Lipinski definition) is 3. The minimum atomic E-state index is -0.133. The second-order valence-corrected chi connectivity index (χ2v) is 16.5. The van der Waals surface area contributed by atoms with Gasteiger partial charge in [0, 0.05) is 34.5 Å². The van der Waals surface area contributed by atoms with E-state index in [1.165, 1.54) is 39.1 Å². The van der Waals surface area contributed by atoms with E-state index in [2.05, 4.69) is 157 Å². The van der Waals surface area contributed by atoms with Crippen molar-refractivity contribution in [3.63, 3.8) is 0 Å². The average Bonchev–Trinajstić information content (AvgIpc) is 3.62. The predicted octanol–water partition coefficient (Wildman–Crippen LogP) is 12.7. The average molecular weight is 821 g/mol. The molecule has 3 heterocycles. The Bertz CT molecular complexity index is 2450. The molecule has 0 radical (unpaired) electrons. The maximum Gasteiger partial charge on any atom is 2.00 e. The molecule has 286 valence electrons. The van der Waals surface area contributed by atoms with Crippen molar-refractivity contribution in [1.82, 2.24) is 19.3 Å². The number of aromatic nitrogens is 4. The first kappa shape index (κ1) is 40.2. The molecule has 0 spiro atoms. The summed E-state index contributed by atoms with van der Waals surface area (Å²) in [5, 5.41) is 7.66. The molecule has 6 heteroatoms. The van der Waals surface area contributed by atoms with Crippen molar-refractivity contribution in [3.05, 3.63) is 130 Å². The van der Waals surface area contributed by atoms with Crippen molar-refractivity contribution in [2.24, 2.45) is 5.92 Å². The topological polar surface area (TPSA) is 44.9 Å². The monoisotopic (exact) mass is 820 g/mol. The molecule has 0 aliphatic heterocycles. The smallest absolute Gasteiger partial charge is 0.509 e. The van der Waals surface area contributed by atoms with Crippen molar-refractivity contribution in [3.8, 4) is 34.1 Å². The molecule has 0 aliphatic rings. The molecular weight excluding hydrogens is 767 g/mol. The fourth-order valence-corrected chi connectivity index (χ4v) is 8.05. The Hall–Kier alpha value is -4.50. The van der Waals surface area contributed by atoms with Crippen molar-refractivity contribution in [2.45, 2.75) is 107 Å². The second-order valence-electron chi connectivity index (χ2n) is 16.5. The van der Waals surface area contributed by atoms with Gasteiger partial charge in [0.05, 0.1) is 5.69 Å². The van der Waals surface area contributed by atoms with Crippen LogP contribution in [0.5, 0.6) is 11.5 Å². The van der Waals surface area contributed by atoms with Crippen LogP contribution in [-0.4, -0.2) is 19.3 Å². The van der Waals surface area contributed by atoms with E-state index in [1.54, 1.807) is 0 Å². The van der Waals surface area contributed by atoms with E-state index < -0.39 is 0 Å². The first-order valence-corrected chi connectivity index (χ1v) is 19.7. The zero-order valence-electron chi connectivity index (χ0n) is 34.1. The fraction of sp³-hybridized carbons (Fsp3) is 0.347. The summed E-state index contributed by atoms with van der Waals surface area (Å²) in [6.07, 6.45) is 6.76. The molecule has 0 atom stereocenters. The number of benzene rings is 4. The molecule has 0 aliphatic carbocycles. The Kier molecular flexibility index (Phi) is 11.9. The number of fused-ring (bicyclic) bond motifs is 3. The van der Waals surface area contributed by atoms with Crippen molar-refractivity contribution in [2.75, 3.05) is 0 Å².